The molecule has 2 amide bonds. The summed E-state index contributed by atoms with van der Waals surface area (Å²) >= 11 is 0. The molecule has 0 saturated heterocycles. The molecule has 0 radical (unpaired) electrons. The zero-order chi connectivity index (χ0) is 24.4. The van der Waals surface area contributed by atoms with Crippen LogP contribution >= 0.6 is 0 Å². The van der Waals surface area contributed by atoms with Crippen molar-refractivity contribution >= 4 is 17.9 Å². The predicted molar refractivity (Wildman–Crippen MR) is 129 cm³/mol. The highest BCUT2D eigenvalue weighted by molar-refractivity contribution is 6.19. The van der Waals surface area contributed by atoms with Gasteiger partial charge in [-0.05, 0) is 68.3 Å². The highest BCUT2D eigenvalue weighted by Crippen LogP contribution is 2.32. The van der Waals surface area contributed by atoms with Gasteiger partial charge >= 0.3 is 0 Å². The molecule has 1 aliphatic rings. The van der Waals surface area contributed by atoms with E-state index in [-0.39, 0.29) is 11.1 Å². The van der Waals surface area contributed by atoms with E-state index < -0.39 is 11.8 Å². The van der Waals surface area contributed by atoms with E-state index in [0.29, 0.717) is 23.4 Å². The third-order valence-corrected chi connectivity index (χ3v) is 5.76. The van der Waals surface area contributed by atoms with Crippen molar-refractivity contribution < 1.29 is 14.3 Å². The molecule has 0 atom stereocenters. The first-order chi connectivity index (χ1) is 16.3. The van der Waals surface area contributed by atoms with Crippen LogP contribution in [0.4, 0.5) is 0 Å². The Balaban J connectivity index is 1.92. The molecular formula is C27H24N4O3. The number of aryl methyl sites for hydroxylation is 1. The second-order valence-electron chi connectivity index (χ2n) is 7.97. The van der Waals surface area contributed by atoms with Gasteiger partial charge in [0.25, 0.3) is 11.8 Å². The van der Waals surface area contributed by atoms with E-state index >= 15 is 0 Å². The summed E-state index contributed by atoms with van der Waals surface area (Å²) in [5.41, 5.74) is 4.65. The highest BCUT2D eigenvalue weighted by Gasteiger charge is 2.33. The first-order valence-corrected chi connectivity index (χ1v) is 10.9. The summed E-state index contributed by atoms with van der Waals surface area (Å²) in [7, 11) is 1.38. The summed E-state index contributed by atoms with van der Waals surface area (Å²) in [6.45, 7) is 6.10. The Hall–Kier alpha value is -4.44. The number of imide groups is 1. The fourth-order valence-corrected chi connectivity index (χ4v) is 3.90. The first-order valence-electron chi connectivity index (χ1n) is 10.9. The van der Waals surface area contributed by atoms with Crippen molar-refractivity contribution in [3.05, 3.63) is 82.6 Å². The van der Waals surface area contributed by atoms with Gasteiger partial charge in [0, 0.05) is 29.9 Å². The van der Waals surface area contributed by atoms with Crippen molar-refractivity contribution in [2.24, 2.45) is 0 Å². The van der Waals surface area contributed by atoms with Gasteiger partial charge in [0.15, 0.2) is 0 Å². The van der Waals surface area contributed by atoms with Crippen molar-refractivity contribution in [1.29, 1.82) is 5.26 Å². The molecule has 1 aromatic heterocycles. The number of carbonyl (C=O) groups excluding carboxylic acids is 2. The lowest BCUT2D eigenvalue weighted by Crippen LogP contribution is -2.39. The summed E-state index contributed by atoms with van der Waals surface area (Å²) in [5.74, 6) is -0.249. The zero-order valence-corrected chi connectivity index (χ0v) is 19.5. The number of amides is 2. The smallest absolute Gasteiger partial charge is 0.271 e. The van der Waals surface area contributed by atoms with Gasteiger partial charge in [-0.3, -0.25) is 14.5 Å². The lowest BCUT2D eigenvalue weighted by atomic mass is 9.93. The molecule has 34 heavy (non-hydrogen) atoms. The Kier molecular flexibility index (Phi) is 6.15. The number of rotatable bonds is 5. The Morgan fingerprint density at radius 2 is 1.82 bits per heavy atom. The molecule has 1 aliphatic heterocycles. The maximum absolute atomic E-state index is 13.0. The molecule has 2 heterocycles. The number of carbonyl (C=O) groups is 2. The number of para-hydroxylation sites is 1. The number of benzene rings is 2. The molecular weight excluding hydrogens is 428 g/mol. The topological polar surface area (TPSA) is 88.2 Å². The predicted octanol–water partition coefficient (Wildman–Crippen LogP) is 4.47. The maximum Gasteiger partial charge on any atom is 0.271 e. The Morgan fingerprint density at radius 1 is 1.09 bits per heavy atom. The minimum atomic E-state index is -0.593. The van der Waals surface area contributed by atoms with Crippen LogP contribution in [0.25, 0.3) is 23.0 Å². The number of hydrogen-bond donors (Lipinski definition) is 0. The van der Waals surface area contributed by atoms with Gasteiger partial charge in [-0.2, -0.15) is 10.4 Å². The number of nitriles is 1. The molecule has 4 rings (SSSR count). The van der Waals surface area contributed by atoms with E-state index in [4.69, 9.17) is 9.84 Å². The molecule has 0 bridgehead atoms. The number of ether oxygens (including phenoxy) is 1. The maximum atomic E-state index is 13.0. The first kappa shape index (κ1) is 22.7. The monoisotopic (exact) mass is 452 g/mol. The molecule has 0 fully saturated rings. The van der Waals surface area contributed by atoms with Gasteiger partial charge in [0.1, 0.15) is 17.4 Å². The SMILES string of the molecule is CCOc1ccc(-c2nn(-c3ccccc3)cc2/C=C2/C(=O)N(C)C(=O)C(C#N)=C2C)cc1C. The lowest BCUT2D eigenvalue weighted by Gasteiger charge is -2.23. The number of aromatic nitrogens is 2. The molecule has 0 saturated carbocycles. The lowest BCUT2D eigenvalue weighted by molar-refractivity contribution is -0.138. The average Bonchev–Trinajstić information content (AvgIpc) is 3.27. The van der Waals surface area contributed by atoms with Crippen molar-refractivity contribution in [3.8, 4) is 28.8 Å². The third kappa shape index (κ3) is 4.02. The fourth-order valence-electron chi connectivity index (χ4n) is 3.90. The van der Waals surface area contributed by atoms with E-state index in [1.807, 2.05) is 74.6 Å². The molecule has 7 heteroatoms. The van der Waals surface area contributed by atoms with E-state index in [0.717, 1.165) is 27.5 Å². The highest BCUT2D eigenvalue weighted by atomic mass is 16.5. The van der Waals surface area contributed by atoms with Crippen molar-refractivity contribution in [2.45, 2.75) is 20.8 Å². The van der Waals surface area contributed by atoms with Crippen molar-refractivity contribution in [3.63, 3.8) is 0 Å². The minimum Gasteiger partial charge on any atom is -0.494 e. The molecule has 0 unspecified atom stereocenters. The standard InChI is InChI=1S/C27H24N4O3/c1-5-34-24-12-11-19(13-17(24)2)25-20(16-31(29-25)21-9-7-6-8-10-21)14-22-18(3)23(15-28)27(33)30(4)26(22)32/h6-14,16H,5H2,1-4H3/b22-14+. The van der Waals surface area contributed by atoms with Crippen LogP contribution in [0.5, 0.6) is 5.75 Å². The number of nitrogens with zero attached hydrogens (tertiary/aromatic N) is 4. The van der Waals surface area contributed by atoms with Crippen LogP contribution in [0.15, 0.2) is 71.4 Å². The summed E-state index contributed by atoms with van der Waals surface area (Å²) in [6, 6.07) is 17.4. The van der Waals surface area contributed by atoms with Crippen LogP contribution < -0.4 is 4.74 Å². The van der Waals surface area contributed by atoms with E-state index in [2.05, 4.69) is 0 Å². The van der Waals surface area contributed by atoms with Gasteiger partial charge in [0.2, 0.25) is 0 Å². The quantitative estimate of drug-likeness (QED) is 0.421. The molecule has 0 aliphatic carbocycles. The number of hydrogen-bond acceptors (Lipinski definition) is 5. The molecule has 0 N–H and O–H groups in total. The number of likely N-dealkylation sites (N-methyl/N-ethyl adjacent to an activating group) is 1. The van der Waals surface area contributed by atoms with Crippen molar-refractivity contribution in [1.82, 2.24) is 14.7 Å². The van der Waals surface area contributed by atoms with Crippen molar-refractivity contribution in [2.75, 3.05) is 13.7 Å². The molecule has 170 valence electrons. The minimum absolute atomic E-state index is 0.0396. The summed E-state index contributed by atoms with van der Waals surface area (Å²) < 4.78 is 7.42. The Morgan fingerprint density at radius 3 is 2.47 bits per heavy atom. The van der Waals surface area contributed by atoms with E-state index in [1.54, 1.807) is 17.7 Å². The van der Waals surface area contributed by atoms with Crippen LogP contribution in [0, 0.1) is 18.3 Å². The molecule has 3 aromatic rings. The van der Waals surface area contributed by atoms with Crippen LogP contribution in [-0.2, 0) is 9.59 Å². The molecule has 7 nitrogen and oxygen atoms in total. The van der Waals surface area contributed by atoms with Gasteiger partial charge in [-0.15, -0.1) is 0 Å². The van der Waals surface area contributed by atoms with Crippen LogP contribution in [-0.4, -0.2) is 40.1 Å². The summed E-state index contributed by atoms with van der Waals surface area (Å²) in [4.78, 5) is 26.3. The van der Waals surface area contributed by atoms with Gasteiger partial charge in [0.05, 0.1) is 18.0 Å². The van der Waals surface area contributed by atoms with Gasteiger partial charge in [-0.25, -0.2) is 4.68 Å². The average molecular weight is 453 g/mol. The van der Waals surface area contributed by atoms with Gasteiger partial charge < -0.3 is 4.74 Å². The molecule has 0 spiro atoms. The second-order valence-corrected chi connectivity index (χ2v) is 7.97. The van der Waals surface area contributed by atoms with Crippen LogP contribution in [0.3, 0.4) is 0 Å². The summed E-state index contributed by atoms with van der Waals surface area (Å²) in [6.07, 6.45) is 3.54. The largest absolute Gasteiger partial charge is 0.494 e. The van der Waals surface area contributed by atoms with Gasteiger partial charge in [-0.1, -0.05) is 18.2 Å². The van der Waals surface area contributed by atoms with E-state index in [1.165, 1.54) is 7.05 Å². The van der Waals surface area contributed by atoms with Crippen LogP contribution in [0.2, 0.25) is 0 Å². The Bertz CT molecular complexity index is 1390. The van der Waals surface area contributed by atoms with E-state index in [9.17, 15) is 14.9 Å². The Labute approximate surface area is 198 Å². The normalized spacial score (nSPS) is 15.1. The third-order valence-electron chi connectivity index (χ3n) is 5.76. The second kappa shape index (κ2) is 9.20. The zero-order valence-electron chi connectivity index (χ0n) is 19.5. The summed E-state index contributed by atoms with van der Waals surface area (Å²) in [5, 5.41) is 14.3. The fraction of sp³-hybridized carbons (Fsp3) is 0.185. The van der Waals surface area contributed by atoms with Crippen LogP contribution in [0.1, 0.15) is 25.0 Å². The molecule has 2 aromatic carbocycles.